The number of carbonyl (C=O) groups is 1. The molecule has 0 bridgehead atoms. The smallest absolute Gasteiger partial charge is 0.335 e. The van der Waals surface area contributed by atoms with Gasteiger partial charge in [0.25, 0.3) is 0 Å². The lowest BCUT2D eigenvalue weighted by atomic mass is 10.1. The lowest BCUT2D eigenvalue weighted by Gasteiger charge is -2.18. The molecule has 0 amide bonds. The van der Waals surface area contributed by atoms with Crippen LogP contribution in [0.25, 0.3) is 0 Å². The number of carboxylic acid groups (broad SMARTS) is 1. The number of halogens is 1. The molecule has 1 aromatic rings. The first-order valence-electron chi connectivity index (χ1n) is 6.04. The van der Waals surface area contributed by atoms with Gasteiger partial charge in [0.15, 0.2) is 0 Å². The number of aliphatic hydroxyl groups excluding tert-OH is 2. The van der Waals surface area contributed by atoms with Crippen molar-refractivity contribution in [3.63, 3.8) is 0 Å². The lowest BCUT2D eigenvalue weighted by molar-refractivity contribution is 0.0572. The second-order valence-corrected chi connectivity index (χ2v) is 7.57. The van der Waals surface area contributed by atoms with E-state index in [9.17, 15) is 23.4 Å². The summed E-state index contributed by atoms with van der Waals surface area (Å²) in [4.78, 5) is 10.9. The summed E-state index contributed by atoms with van der Waals surface area (Å²) in [6.07, 6.45) is -2.30. The zero-order chi connectivity index (χ0) is 15.9. The van der Waals surface area contributed by atoms with Crippen LogP contribution < -0.4 is 0 Å². The van der Waals surface area contributed by atoms with Crippen molar-refractivity contribution in [1.82, 2.24) is 4.31 Å². The second kappa shape index (κ2) is 5.65. The molecule has 1 aliphatic rings. The number of aryl methyl sites for hydroxylation is 1. The maximum absolute atomic E-state index is 12.6. The summed E-state index contributed by atoms with van der Waals surface area (Å²) in [7, 11) is -4.01. The van der Waals surface area contributed by atoms with E-state index in [1.54, 1.807) is 6.92 Å². The van der Waals surface area contributed by atoms with Crippen LogP contribution in [-0.2, 0) is 10.0 Å². The molecular formula is C12H14BrNO6S. The van der Waals surface area contributed by atoms with Gasteiger partial charge in [0, 0.05) is 17.6 Å². The molecule has 0 saturated carbocycles. The second-order valence-electron chi connectivity index (χ2n) is 4.87. The topological polar surface area (TPSA) is 115 Å². The number of aromatic carboxylic acids is 1. The lowest BCUT2D eigenvalue weighted by Crippen LogP contribution is -2.30. The van der Waals surface area contributed by atoms with Crippen LogP contribution in [0.1, 0.15) is 15.9 Å². The Hall–Kier alpha value is -1.00. The minimum Gasteiger partial charge on any atom is -0.478 e. The largest absolute Gasteiger partial charge is 0.478 e. The summed E-state index contributed by atoms with van der Waals surface area (Å²) < 4.78 is 26.3. The first kappa shape index (κ1) is 16.4. The molecule has 9 heteroatoms. The fourth-order valence-electron chi connectivity index (χ4n) is 2.12. The maximum Gasteiger partial charge on any atom is 0.335 e. The number of hydrogen-bond donors (Lipinski definition) is 3. The number of sulfonamides is 1. The Kier molecular flexibility index (Phi) is 4.41. The van der Waals surface area contributed by atoms with Gasteiger partial charge in [0.05, 0.1) is 22.7 Å². The zero-order valence-electron chi connectivity index (χ0n) is 11.0. The molecule has 0 unspecified atom stereocenters. The molecule has 1 heterocycles. The number of β-amino-alcohol motifs (C(OH)–C–C–N with tert-alkyl or cyclic N) is 2. The molecule has 0 radical (unpaired) electrons. The third kappa shape index (κ3) is 2.97. The molecule has 1 aromatic carbocycles. The fourth-order valence-corrected chi connectivity index (χ4v) is 4.60. The van der Waals surface area contributed by atoms with E-state index >= 15 is 0 Å². The first-order valence-corrected chi connectivity index (χ1v) is 8.27. The van der Waals surface area contributed by atoms with Crippen molar-refractivity contribution in [2.45, 2.75) is 24.0 Å². The number of rotatable bonds is 3. The van der Waals surface area contributed by atoms with Crippen LogP contribution in [0.15, 0.2) is 21.5 Å². The van der Waals surface area contributed by atoms with E-state index < -0.39 is 28.2 Å². The number of aliphatic hydroxyl groups is 2. The van der Waals surface area contributed by atoms with Crippen LogP contribution in [0, 0.1) is 6.92 Å². The summed E-state index contributed by atoms with van der Waals surface area (Å²) in [5, 5.41) is 28.0. The molecule has 21 heavy (non-hydrogen) atoms. The molecule has 1 aliphatic heterocycles. The molecule has 116 valence electrons. The number of benzene rings is 1. The van der Waals surface area contributed by atoms with Crippen LogP contribution in [0.2, 0.25) is 0 Å². The van der Waals surface area contributed by atoms with Crippen LogP contribution in [0.5, 0.6) is 0 Å². The quantitative estimate of drug-likeness (QED) is 0.689. The van der Waals surface area contributed by atoms with Gasteiger partial charge in [0.1, 0.15) is 0 Å². The maximum atomic E-state index is 12.6. The van der Waals surface area contributed by atoms with Gasteiger partial charge in [-0.1, -0.05) is 0 Å². The molecule has 0 aliphatic carbocycles. The Morgan fingerprint density at radius 2 is 1.81 bits per heavy atom. The van der Waals surface area contributed by atoms with Crippen molar-refractivity contribution in [1.29, 1.82) is 0 Å². The van der Waals surface area contributed by atoms with Gasteiger partial charge in [-0.25, -0.2) is 13.2 Å². The molecule has 0 aromatic heterocycles. The molecule has 2 rings (SSSR count). The first-order chi connectivity index (χ1) is 9.64. The van der Waals surface area contributed by atoms with E-state index in [1.807, 2.05) is 0 Å². The predicted octanol–water partition coefficient (Wildman–Crippen LogP) is 0.182. The SMILES string of the molecule is Cc1cc(C(=O)O)cc(S(=O)(=O)N2C[C@@H](O)[C@@H](O)C2)c1Br. The van der Waals surface area contributed by atoms with Crippen molar-refractivity contribution in [2.75, 3.05) is 13.1 Å². The fraction of sp³-hybridized carbons (Fsp3) is 0.417. The van der Waals surface area contributed by atoms with E-state index in [1.165, 1.54) is 6.07 Å². The minimum absolute atomic E-state index is 0.144. The van der Waals surface area contributed by atoms with Gasteiger partial charge < -0.3 is 15.3 Å². The monoisotopic (exact) mass is 379 g/mol. The summed E-state index contributed by atoms with van der Waals surface area (Å²) >= 11 is 3.15. The van der Waals surface area contributed by atoms with Gasteiger partial charge in [-0.15, -0.1) is 0 Å². The van der Waals surface area contributed by atoms with E-state index in [4.69, 9.17) is 5.11 Å². The number of nitrogens with zero attached hydrogens (tertiary/aromatic N) is 1. The Bertz CT molecular complexity index is 679. The van der Waals surface area contributed by atoms with Crippen LogP contribution in [0.3, 0.4) is 0 Å². The minimum atomic E-state index is -4.01. The highest BCUT2D eigenvalue weighted by Gasteiger charge is 2.38. The van der Waals surface area contributed by atoms with Crippen molar-refractivity contribution < 1.29 is 28.5 Å². The Labute approximate surface area is 130 Å². The molecular weight excluding hydrogens is 366 g/mol. The summed E-state index contributed by atoms with van der Waals surface area (Å²) in [6.45, 7) is 1.13. The molecule has 1 fully saturated rings. The van der Waals surface area contributed by atoms with Gasteiger partial charge in [-0.05, 0) is 40.5 Å². The molecule has 2 atom stereocenters. The van der Waals surface area contributed by atoms with E-state index in [0.29, 0.717) is 5.56 Å². The van der Waals surface area contributed by atoms with Gasteiger partial charge in [0.2, 0.25) is 10.0 Å². The van der Waals surface area contributed by atoms with Crippen molar-refractivity contribution in [2.24, 2.45) is 0 Å². The van der Waals surface area contributed by atoms with E-state index in [0.717, 1.165) is 10.4 Å². The van der Waals surface area contributed by atoms with Crippen molar-refractivity contribution in [3.05, 3.63) is 27.7 Å². The number of hydrogen-bond acceptors (Lipinski definition) is 5. The van der Waals surface area contributed by atoms with E-state index in [2.05, 4.69) is 15.9 Å². The van der Waals surface area contributed by atoms with Gasteiger partial charge in [-0.3, -0.25) is 0 Å². The summed E-state index contributed by atoms with van der Waals surface area (Å²) in [5.74, 6) is -1.23. The van der Waals surface area contributed by atoms with Gasteiger partial charge in [-0.2, -0.15) is 4.31 Å². The van der Waals surface area contributed by atoms with Crippen LogP contribution in [0.4, 0.5) is 0 Å². The van der Waals surface area contributed by atoms with E-state index in [-0.39, 0.29) is 28.0 Å². The Balaban J connectivity index is 2.52. The highest BCUT2D eigenvalue weighted by Crippen LogP contribution is 2.31. The van der Waals surface area contributed by atoms with Crippen LogP contribution in [-0.4, -0.2) is 59.3 Å². The van der Waals surface area contributed by atoms with Crippen LogP contribution >= 0.6 is 15.9 Å². The normalized spacial score (nSPS) is 23.4. The standard InChI is InChI=1S/C12H14BrNO6S/c1-6-2-7(12(17)18)3-10(11(6)13)21(19,20)14-4-8(15)9(16)5-14/h2-3,8-9,15-16H,4-5H2,1H3,(H,17,18)/t8-,9+. The summed E-state index contributed by atoms with van der Waals surface area (Å²) in [6, 6.07) is 2.42. The van der Waals surface area contributed by atoms with Crippen molar-refractivity contribution in [3.8, 4) is 0 Å². The molecule has 7 nitrogen and oxygen atoms in total. The van der Waals surface area contributed by atoms with Gasteiger partial charge >= 0.3 is 5.97 Å². The average Bonchev–Trinajstić information content (AvgIpc) is 2.73. The third-order valence-corrected chi connectivity index (χ3v) is 6.48. The summed E-state index contributed by atoms with van der Waals surface area (Å²) in [5.41, 5.74) is 0.323. The highest BCUT2D eigenvalue weighted by molar-refractivity contribution is 9.10. The van der Waals surface area contributed by atoms with Crippen molar-refractivity contribution >= 4 is 31.9 Å². The Morgan fingerprint density at radius 1 is 1.29 bits per heavy atom. The third-order valence-electron chi connectivity index (χ3n) is 3.31. The molecule has 0 spiro atoms. The highest BCUT2D eigenvalue weighted by atomic mass is 79.9. The molecule has 3 N–H and O–H groups in total. The Morgan fingerprint density at radius 3 is 2.29 bits per heavy atom. The molecule has 1 saturated heterocycles. The number of carboxylic acids is 1. The average molecular weight is 380 g/mol. The zero-order valence-corrected chi connectivity index (χ0v) is 13.4. The predicted molar refractivity (Wildman–Crippen MR) is 76.6 cm³/mol.